The largest absolute Gasteiger partial charge is 0.312 e. The molecule has 0 unspecified atom stereocenters. The van der Waals surface area contributed by atoms with Crippen LogP contribution >= 0.6 is 23.4 Å². The zero-order chi connectivity index (χ0) is 20.1. The monoisotopic (exact) mass is 428 g/mol. The maximum absolute atomic E-state index is 13.3. The predicted octanol–water partition coefficient (Wildman–Crippen LogP) is 4.33. The topological polar surface area (TPSA) is 71.4 Å². The zero-order valence-corrected chi connectivity index (χ0v) is 16.9. The molecule has 148 valence electrons. The van der Waals surface area contributed by atoms with Gasteiger partial charge in [-0.05, 0) is 30.3 Å². The van der Waals surface area contributed by atoms with Gasteiger partial charge in [0.1, 0.15) is 12.1 Å². The first kappa shape index (κ1) is 19.6. The van der Waals surface area contributed by atoms with Gasteiger partial charge in [0.05, 0.1) is 16.4 Å². The summed E-state index contributed by atoms with van der Waals surface area (Å²) in [4.78, 5) is 4.09. The SMILES string of the molecule is Fc1ccc(-n2cc(CNCCSc3ncn[nH]3)c(-c3ccccc3Cl)n2)cc1. The van der Waals surface area contributed by atoms with Gasteiger partial charge in [-0.15, -0.1) is 0 Å². The summed E-state index contributed by atoms with van der Waals surface area (Å²) < 4.78 is 15.0. The van der Waals surface area contributed by atoms with E-state index in [1.807, 2.05) is 30.5 Å². The molecular formula is C20H18ClFN6S. The Kier molecular flexibility index (Phi) is 6.24. The fourth-order valence-corrected chi connectivity index (χ4v) is 3.76. The molecule has 4 rings (SSSR count). The Balaban J connectivity index is 1.52. The van der Waals surface area contributed by atoms with Gasteiger partial charge in [-0.25, -0.2) is 14.1 Å². The molecule has 0 radical (unpaired) electrons. The molecule has 2 aromatic heterocycles. The average molecular weight is 429 g/mol. The molecular weight excluding hydrogens is 411 g/mol. The first-order valence-electron chi connectivity index (χ1n) is 8.99. The smallest absolute Gasteiger partial charge is 0.183 e. The summed E-state index contributed by atoms with van der Waals surface area (Å²) in [7, 11) is 0. The molecule has 0 fully saturated rings. The van der Waals surface area contributed by atoms with Crippen LogP contribution in [0.15, 0.2) is 66.2 Å². The number of hydrogen-bond acceptors (Lipinski definition) is 5. The molecule has 29 heavy (non-hydrogen) atoms. The van der Waals surface area contributed by atoms with Crippen molar-refractivity contribution in [3.05, 3.63) is 77.5 Å². The molecule has 6 nitrogen and oxygen atoms in total. The highest BCUT2D eigenvalue weighted by molar-refractivity contribution is 7.99. The Morgan fingerprint density at radius 1 is 1.14 bits per heavy atom. The van der Waals surface area contributed by atoms with E-state index in [9.17, 15) is 4.39 Å². The second-order valence-electron chi connectivity index (χ2n) is 6.22. The van der Waals surface area contributed by atoms with E-state index in [1.54, 1.807) is 28.6 Å². The molecule has 2 aromatic carbocycles. The lowest BCUT2D eigenvalue weighted by molar-refractivity contribution is 0.627. The van der Waals surface area contributed by atoms with Crippen molar-refractivity contribution in [3.63, 3.8) is 0 Å². The highest BCUT2D eigenvalue weighted by Crippen LogP contribution is 2.30. The minimum Gasteiger partial charge on any atom is -0.312 e. The first-order valence-corrected chi connectivity index (χ1v) is 10.4. The standard InChI is InChI=1S/C20H18ClFN6S/c21-18-4-2-1-3-17(18)19-14(11-23-9-10-29-20-24-13-25-26-20)12-28(27-19)16-7-5-15(22)6-8-16/h1-8,12-13,23H,9-11H2,(H,24,25,26). The van der Waals surface area contributed by atoms with Crippen LogP contribution in [0.5, 0.6) is 0 Å². The van der Waals surface area contributed by atoms with E-state index in [-0.39, 0.29) is 5.82 Å². The normalized spacial score (nSPS) is 11.1. The number of rotatable bonds is 8. The third-order valence-electron chi connectivity index (χ3n) is 4.24. The number of nitrogens with one attached hydrogen (secondary N) is 2. The second-order valence-corrected chi connectivity index (χ2v) is 7.71. The number of H-pyrrole nitrogens is 1. The minimum absolute atomic E-state index is 0.279. The third kappa shape index (κ3) is 4.84. The van der Waals surface area contributed by atoms with Gasteiger partial charge in [-0.2, -0.15) is 10.2 Å². The number of benzene rings is 2. The molecule has 0 atom stereocenters. The highest BCUT2D eigenvalue weighted by Gasteiger charge is 2.14. The van der Waals surface area contributed by atoms with Crippen molar-refractivity contribution in [2.75, 3.05) is 12.3 Å². The van der Waals surface area contributed by atoms with Crippen LogP contribution in [0.3, 0.4) is 0 Å². The fraction of sp³-hybridized carbons (Fsp3) is 0.150. The Morgan fingerprint density at radius 3 is 2.72 bits per heavy atom. The minimum atomic E-state index is -0.279. The Bertz CT molecular complexity index is 1070. The van der Waals surface area contributed by atoms with Crippen LogP contribution in [0.25, 0.3) is 16.9 Å². The molecule has 0 aliphatic carbocycles. The summed E-state index contributed by atoms with van der Waals surface area (Å²) in [6, 6.07) is 13.9. The van der Waals surface area contributed by atoms with E-state index in [2.05, 4.69) is 20.5 Å². The van der Waals surface area contributed by atoms with E-state index >= 15 is 0 Å². The molecule has 9 heteroatoms. The lowest BCUT2D eigenvalue weighted by Gasteiger charge is -2.06. The number of halogens is 2. The number of nitrogens with zero attached hydrogens (tertiary/aromatic N) is 4. The third-order valence-corrected chi connectivity index (χ3v) is 5.44. The van der Waals surface area contributed by atoms with Crippen molar-refractivity contribution >= 4 is 23.4 Å². The van der Waals surface area contributed by atoms with E-state index in [4.69, 9.17) is 16.7 Å². The van der Waals surface area contributed by atoms with Crippen LogP contribution in [0, 0.1) is 5.82 Å². The summed E-state index contributed by atoms with van der Waals surface area (Å²) in [5, 5.41) is 16.2. The summed E-state index contributed by atoms with van der Waals surface area (Å²) in [5.74, 6) is 0.571. The molecule has 0 saturated carbocycles. The van der Waals surface area contributed by atoms with Gasteiger partial charge in [-0.3, -0.25) is 5.10 Å². The lowest BCUT2D eigenvalue weighted by Crippen LogP contribution is -2.16. The lowest BCUT2D eigenvalue weighted by atomic mass is 10.1. The molecule has 2 N–H and O–H groups in total. The summed E-state index contributed by atoms with van der Waals surface area (Å²) >= 11 is 8.01. The van der Waals surface area contributed by atoms with Gasteiger partial charge < -0.3 is 5.32 Å². The summed E-state index contributed by atoms with van der Waals surface area (Å²) in [6.07, 6.45) is 3.44. The number of hydrogen-bond donors (Lipinski definition) is 2. The van der Waals surface area contributed by atoms with Gasteiger partial charge in [0, 0.05) is 36.2 Å². The van der Waals surface area contributed by atoms with Crippen LogP contribution in [0.2, 0.25) is 5.02 Å². The van der Waals surface area contributed by atoms with Crippen molar-refractivity contribution in [1.29, 1.82) is 0 Å². The Labute approximate surface area is 176 Å². The number of thioether (sulfide) groups is 1. The van der Waals surface area contributed by atoms with Crippen LogP contribution in [0.1, 0.15) is 5.56 Å². The summed E-state index contributed by atoms with van der Waals surface area (Å²) in [5.41, 5.74) is 3.46. The van der Waals surface area contributed by atoms with Crippen molar-refractivity contribution < 1.29 is 4.39 Å². The van der Waals surface area contributed by atoms with E-state index in [0.717, 1.165) is 40.0 Å². The van der Waals surface area contributed by atoms with Gasteiger partial charge in [0.25, 0.3) is 0 Å². The molecule has 0 bridgehead atoms. The quantitative estimate of drug-likeness (QED) is 0.323. The van der Waals surface area contributed by atoms with Crippen molar-refractivity contribution in [1.82, 2.24) is 30.3 Å². The molecule has 4 aromatic rings. The Hall–Kier alpha value is -2.68. The van der Waals surface area contributed by atoms with E-state index in [1.165, 1.54) is 18.5 Å². The summed E-state index contributed by atoms with van der Waals surface area (Å²) in [6.45, 7) is 1.41. The van der Waals surface area contributed by atoms with E-state index < -0.39 is 0 Å². The van der Waals surface area contributed by atoms with Crippen LogP contribution in [-0.4, -0.2) is 37.3 Å². The van der Waals surface area contributed by atoms with Crippen LogP contribution in [0.4, 0.5) is 4.39 Å². The average Bonchev–Trinajstić information content (AvgIpc) is 3.39. The van der Waals surface area contributed by atoms with Crippen LogP contribution < -0.4 is 5.32 Å². The number of aromatic nitrogens is 5. The van der Waals surface area contributed by atoms with Gasteiger partial charge >= 0.3 is 0 Å². The zero-order valence-electron chi connectivity index (χ0n) is 15.3. The van der Waals surface area contributed by atoms with Gasteiger partial charge in [0.2, 0.25) is 0 Å². The van der Waals surface area contributed by atoms with Crippen LogP contribution in [-0.2, 0) is 6.54 Å². The molecule has 2 heterocycles. The van der Waals surface area contributed by atoms with Crippen molar-refractivity contribution in [3.8, 4) is 16.9 Å². The maximum atomic E-state index is 13.3. The number of aromatic amines is 1. The first-order chi connectivity index (χ1) is 14.2. The molecule has 0 aliphatic rings. The van der Waals surface area contributed by atoms with Crippen molar-refractivity contribution in [2.45, 2.75) is 11.7 Å². The van der Waals surface area contributed by atoms with E-state index in [0.29, 0.717) is 11.6 Å². The molecule has 0 spiro atoms. The van der Waals surface area contributed by atoms with Crippen molar-refractivity contribution in [2.24, 2.45) is 0 Å². The predicted molar refractivity (Wildman–Crippen MR) is 113 cm³/mol. The maximum Gasteiger partial charge on any atom is 0.183 e. The highest BCUT2D eigenvalue weighted by atomic mass is 35.5. The van der Waals surface area contributed by atoms with Gasteiger partial charge in [-0.1, -0.05) is 41.6 Å². The Morgan fingerprint density at radius 2 is 1.97 bits per heavy atom. The molecule has 0 amide bonds. The van der Waals surface area contributed by atoms with Gasteiger partial charge in [0.15, 0.2) is 5.16 Å². The fourth-order valence-electron chi connectivity index (χ4n) is 2.85. The molecule has 0 saturated heterocycles. The second kappa shape index (κ2) is 9.21. The molecule has 0 aliphatic heterocycles.